The molecule has 0 spiro atoms. The van der Waals surface area contributed by atoms with Gasteiger partial charge in [0, 0.05) is 6.42 Å². The van der Waals surface area contributed by atoms with Crippen molar-refractivity contribution in [1.29, 1.82) is 0 Å². The molecule has 110 valence electrons. The third-order valence-electron chi connectivity index (χ3n) is 2.10. The molecule has 0 aliphatic carbocycles. The molecule has 4 heteroatoms. The third kappa shape index (κ3) is 9.83. The highest BCUT2D eigenvalue weighted by Crippen LogP contribution is 2.22. The van der Waals surface area contributed by atoms with E-state index < -0.39 is 5.79 Å². The largest absolute Gasteiger partial charge is 0.233 e. The van der Waals surface area contributed by atoms with Crippen LogP contribution in [0.3, 0.4) is 0 Å². The molecule has 0 saturated carbocycles. The second-order valence-electron chi connectivity index (χ2n) is 7.30. The second kappa shape index (κ2) is 6.85. The van der Waals surface area contributed by atoms with Gasteiger partial charge >= 0.3 is 0 Å². The van der Waals surface area contributed by atoms with Crippen LogP contribution in [0.5, 0.6) is 0 Å². The summed E-state index contributed by atoms with van der Waals surface area (Å²) in [7, 11) is 0. The van der Waals surface area contributed by atoms with Gasteiger partial charge in [-0.25, -0.2) is 9.78 Å². The van der Waals surface area contributed by atoms with Gasteiger partial charge in [0.05, 0.1) is 13.2 Å². The van der Waals surface area contributed by atoms with Gasteiger partial charge in [-0.15, -0.1) is 0 Å². The molecule has 0 N–H and O–H groups in total. The highest BCUT2D eigenvalue weighted by Gasteiger charge is 2.29. The minimum Gasteiger partial charge on any atom is -0.233 e. The fourth-order valence-corrected chi connectivity index (χ4v) is 0.794. The van der Waals surface area contributed by atoms with Gasteiger partial charge in [-0.2, -0.15) is 9.78 Å². The first-order chi connectivity index (χ1) is 7.97. The van der Waals surface area contributed by atoms with E-state index >= 15 is 0 Å². The summed E-state index contributed by atoms with van der Waals surface area (Å²) in [6.45, 7) is 17.3. The predicted octanol–water partition coefficient (Wildman–Crippen LogP) is 4.10. The predicted molar refractivity (Wildman–Crippen MR) is 71.7 cm³/mol. The lowest BCUT2D eigenvalue weighted by Gasteiger charge is -2.28. The van der Waals surface area contributed by atoms with Crippen LogP contribution in [0.4, 0.5) is 0 Å². The van der Waals surface area contributed by atoms with Crippen LogP contribution in [0.15, 0.2) is 0 Å². The molecule has 0 rings (SSSR count). The molecule has 18 heavy (non-hydrogen) atoms. The molecular weight excluding hydrogens is 232 g/mol. The highest BCUT2D eigenvalue weighted by atomic mass is 17.3. The van der Waals surface area contributed by atoms with Gasteiger partial charge in [0.15, 0.2) is 0 Å². The summed E-state index contributed by atoms with van der Waals surface area (Å²) in [5, 5.41) is 0. The van der Waals surface area contributed by atoms with Crippen LogP contribution >= 0.6 is 0 Å². The Bertz CT molecular complexity index is 205. The van der Waals surface area contributed by atoms with Gasteiger partial charge in [0.2, 0.25) is 5.79 Å². The summed E-state index contributed by atoms with van der Waals surface area (Å²) in [4.78, 5) is 21.1. The first-order valence-corrected chi connectivity index (χ1v) is 6.59. The van der Waals surface area contributed by atoms with Gasteiger partial charge in [-0.1, -0.05) is 48.5 Å². The van der Waals surface area contributed by atoms with E-state index in [-0.39, 0.29) is 10.8 Å². The van der Waals surface area contributed by atoms with Crippen LogP contribution in [-0.2, 0) is 19.6 Å². The van der Waals surface area contributed by atoms with Crippen LogP contribution in [-0.4, -0.2) is 19.0 Å². The molecule has 0 radical (unpaired) electrons. The summed E-state index contributed by atoms with van der Waals surface area (Å²) in [6.07, 6.45) is 0.640. The molecule has 0 aliphatic heterocycles. The summed E-state index contributed by atoms with van der Waals surface area (Å²) in [6, 6.07) is 0. The second-order valence-corrected chi connectivity index (χ2v) is 7.30. The fourth-order valence-electron chi connectivity index (χ4n) is 0.794. The quantitative estimate of drug-likeness (QED) is 0.393. The first-order valence-electron chi connectivity index (χ1n) is 6.59. The minimum absolute atomic E-state index is 0.0565. The zero-order chi connectivity index (χ0) is 14.4. The van der Waals surface area contributed by atoms with E-state index in [0.29, 0.717) is 19.6 Å². The Labute approximate surface area is 112 Å². The Balaban J connectivity index is 4.03. The standard InChI is InChI=1S/C14H30O4/c1-9-14(8,17-15-10-12(2,3)4)18-16-11-13(5,6)7/h9-11H2,1-8H3. The van der Waals surface area contributed by atoms with Gasteiger partial charge < -0.3 is 0 Å². The van der Waals surface area contributed by atoms with Crippen LogP contribution in [0.1, 0.15) is 61.8 Å². The Hall–Kier alpha value is -0.160. The minimum atomic E-state index is -0.865. The maximum absolute atomic E-state index is 5.32. The Morgan fingerprint density at radius 1 is 0.667 bits per heavy atom. The van der Waals surface area contributed by atoms with Crippen molar-refractivity contribution in [3.05, 3.63) is 0 Å². The lowest BCUT2D eigenvalue weighted by molar-refractivity contribution is -0.512. The average molecular weight is 262 g/mol. The van der Waals surface area contributed by atoms with E-state index in [1.54, 1.807) is 6.92 Å². The topological polar surface area (TPSA) is 36.9 Å². The maximum atomic E-state index is 5.32. The normalized spacial score (nSPS) is 14.0. The number of hydrogen-bond donors (Lipinski definition) is 0. The zero-order valence-corrected chi connectivity index (χ0v) is 13.3. The Morgan fingerprint density at radius 2 is 1.00 bits per heavy atom. The van der Waals surface area contributed by atoms with Gasteiger partial charge in [0.25, 0.3) is 0 Å². The Morgan fingerprint density at radius 3 is 1.22 bits per heavy atom. The zero-order valence-electron chi connectivity index (χ0n) is 13.3. The highest BCUT2D eigenvalue weighted by molar-refractivity contribution is 4.60. The summed E-state index contributed by atoms with van der Waals surface area (Å²) < 4.78 is 0. The van der Waals surface area contributed by atoms with Crippen molar-refractivity contribution in [2.75, 3.05) is 13.2 Å². The summed E-state index contributed by atoms with van der Waals surface area (Å²) in [5.74, 6) is -0.865. The van der Waals surface area contributed by atoms with Crippen molar-refractivity contribution in [1.82, 2.24) is 0 Å². The number of hydrogen-bond acceptors (Lipinski definition) is 4. The molecule has 0 aromatic heterocycles. The van der Waals surface area contributed by atoms with Crippen LogP contribution in [0.25, 0.3) is 0 Å². The fraction of sp³-hybridized carbons (Fsp3) is 1.00. The molecule has 0 aliphatic rings. The van der Waals surface area contributed by atoms with Crippen molar-refractivity contribution in [3.63, 3.8) is 0 Å². The SMILES string of the molecule is CCC(C)(OOCC(C)(C)C)OOCC(C)(C)C. The van der Waals surface area contributed by atoms with Crippen molar-refractivity contribution in [3.8, 4) is 0 Å². The van der Waals surface area contributed by atoms with Gasteiger partial charge in [-0.05, 0) is 17.8 Å². The summed E-state index contributed by atoms with van der Waals surface area (Å²) in [5.41, 5.74) is 0.113. The molecule has 0 aromatic rings. The Kier molecular flexibility index (Phi) is 6.79. The molecule has 0 amide bonds. The smallest absolute Gasteiger partial charge is 0.230 e. The van der Waals surface area contributed by atoms with Crippen molar-refractivity contribution in [2.24, 2.45) is 10.8 Å². The van der Waals surface area contributed by atoms with Gasteiger partial charge in [0.1, 0.15) is 0 Å². The average Bonchev–Trinajstić information content (AvgIpc) is 2.13. The molecule has 0 fully saturated rings. The molecular formula is C14H30O4. The van der Waals surface area contributed by atoms with E-state index in [2.05, 4.69) is 41.5 Å². The molecule has 0 unspecified atom stereocenters. The van der Waals surface area contributed by atoms with Crippen molar-refractivity contribution < 1.29 is 19.6 Å². The van der Waals surface area contributed by atoms with E-state index in [0.717, 1.165) is 0 Å². The van der Waals surface area contributed by atoms with E-state index in [9.17, 15) is 0 Å². The van der Waals surface area contributed by atoms with Crippen LogP contribution in [0, 0.1) is 10.8 Å². The van der Waals surface area contributed by atoms with Crippen LogP contribution in [0.2, 0.25) is 0 Å². The monoisotopic (exact) mass is 262 g/mol. The summed E-state index contributed by atoms with van der Waals surface area (Å²) >= 11 is 0. The van der Waals surface area contributed by atoms with E-state index in [1.807, 2.05) is 6.92 Å². The first kappa shape index (κ1) is 17.8. The lowest BCUT2D eigenvalue weighted by atomic mass is 9.99. The van der Waals surface area contributed by atoms with E-state index in [1.165, 1.54) is 0 Å². The number of rotatable bonds is 7. The molecule has 0 bridgehead atoms. The molecule has 0 heterocycles. The lowest BCUT2D eigenvalue weighted by Crippen LogP contribution is -2.34. The van der Waals surface area contributed by atoms with Crippen molar-refractivity contribution >= 4 is 0 Å². The third-order valence-corrected chi connectivity index (χ3v) is 2.10. The van der Waals surface area contributed by atoms with Crippen molar-refractivity contribution in [2.45, 2.75) is 67.6 Å². The molecule has 0 atom stereocenters. The van der Waals surface area contributed by atoms with Crippen LogP contribution < -0.4 is 0 Å². The molecule has 4 nitrogen and oxygen atoms in total. The molecule has 0 aromatic carbocycles. The molecule has 0 saturated heterocycles. The maximum Gasteiger partial charge on any atom is 0.230 e. The van der Waals surface area contributed by atoms with E-state index in [4.69, 9.17) is 19.6 Å². The van der Waals surface area contributed by atoms with Gasteiger partial charge in [-0.3, -0.25) is 0 Å².